The molecule has 0 radical (unpaired) electrons. The minimum Gasteiger partial charge on any atom is -0.497 e. The van der Waals surface area contributed by atoms with E-state index in [0.717, 1.165) is 34.5 Å². The number of likely N-dealkylation sites (tertiary alicyclic amines) is 1. The molecular weight excluding hydrogens is 419 g/mol. The van der Waals surface area contributed by atoms with Gasteiger partial charge in [-0.3, -0.25) is 4.79 Å². The second-order valence-electron chi connectivity index (χ2n) is 8.77. The first-order valence-corrected chi connectivity index (χ1v) is 11.2. The highest BCUT2D eigenvalue weighted by molar-refractivity contribution is 5.95. The van der Waals surface area contributed by atoms with Crippen LogP contribution in [0.1, 0.15) is 28.4 Å². The Morgan fingerprint density at radius 1 is 1.09 bits per heavy atom. The summed E-state index contributed by atoms with van der Waals surface area (Å²) in [6.07, 6.45) is 0.802. The largest absolute Gasteiger partial charge is 0.497 e. The first-order valence-electron chi connectivity index (χ1n) is 11.2. The molecule has 0 saturated carbocycles. The molecule has 3 aromatic carbocycles. The molecule has 2 aliphatic rings. The smallest absolute Gasteiger partial charge is 0.254 e. The highest BCUT2D eigenvalue weighted by Gasteiger charge is 2.47. The third kappa shape index (κ3) is 3.64. The van der Waals surface area contributed by atoms with E-state index >= 15 is 0 Å². The third-order valence-corrected chi connectivity index (χ3v) is 7.10. The number of hydrogen-bond acceptors (Lipinski definition) is 4. The van der Waals surface area contributed by atoms with Gasteiger partial charge < -0.3 is 19.6 Å². The van der Waals surface area contributed by atoms with Crippen LogP contribution in [0.4, 0.5) is 10.1 Å². The predicted octanol–water partition coefficient (Wildman–Crippen LogP) is 4.52. The van der Waals surface area contributed by atoms with Crippen LogP contribution in [0, 0.1) is 11.7 Å². The monoisotopic (exact) mass is 446 g/mol. The van der Waals surface area contributed by atoms with Gasteiger partial charge in [0.1, 0.15) is 11.6 Å². The number of benzene rings is 3. The first kappa shape index (κ1) is 21.5. The molecule has 5 rings (SSSR count). The van der Waals surface area contributed by atoms with Gasteiger partial charge in [0.05, 0.1) is 25.8 Å². The molecule has 0 bridgehead atoms. The maximum Gasteiger partial charge on any atom is 0.254 e. The van der Waals surface area contributed by atoms with Crippen LogP contribution in [0.25, 0.3) is 11.1 Å². The fraction of sp³-hybridized carbons (Fsp3) is 0.296. The van der Waals surface area contributed by atoms with E-state index in [9.17, 15) is 14.3 Å². The molecule has 0 unspecified atom stereocenters. The van der Waals surface area contributed by atoms with Crippen molar-refractivity contribution in [1.82, 2.24) is 4.90 Å². The normalized spacial score (nSPS) is 21.5. The lowest BCUT2D eigenvalue weighted by Gasteiger charge is -2.44. The lowest BCUT2D eigenvalue weighted by atomic mass is 9.81. The number of methoxy groups -OCH3 is 1. The van der Waals surface area contributed by atoms with Gasteiger partial charge in [-0.25, -0.2) is 4.39 Å². The van der Waals surface area contributed by atoms with Crippen molar-refractivity contribution in [3.05, 3.63) is 83.7 Å². The second-order valence-corrected chi connectivity index (χ2v) is 8.77. The molecule has 2 aliphatic heterocycles. The number of amides is 1. The van der Waals surface area contributed by atoms with Crippen molar-refractivity contribution >= 4 is 11.6 Å². The molecule has 1 N–H and O–H groups in total. The molecule has 3 atom stereocenters. The van der Waals surface area contributed by atoms with Gasteiger partial charge in [-0.1, -0.05) is 18.2 Å². The Balaban J connectivity index is 1.59. The van der Waals surface area contributed by atoms with Crippen LogP contribution in [-0.4, -0.2) is 49.3 Å². The molecule has 0 spiro atoms. The Morgan fingerprint density at radius 2 is 1.85 bits per heavy atom. The average molecular weight is 447 g/mol. The minimum absolute atomic E-state index is 0.0212. The number of likely N-dealkylation sites (N-methyl/N-ethyl adjacent to an activating group) is 1. The first-order chi connectivity index (χ1) is 16.0. The van der Waals surface area contributed by atoms with E-state index in [0.29, 0.717) is 12.1 Å². The van der Waals surface area contributed by atoms with Crippen LogP contribution >= 0.6 is 0 Å². The summed E-state index contributed by atoms with van der Waals surface area (Å²) >= 11 is 0. The summed E-state index contributed by atoms with van der Waals surface area (Å²) in [7, 11) is 3.66. The molecule has 170 valence electrons. The van der Waals surface area contributed by atoms with E-state index in [-0.39, 0.29) is 36.3 Å². The topological polar surface area (TPSA) is 53.0 Å². The predicted molar refractivity (Wildman–Crippen MR) is 126 cm³/mol. The molecule has 3 aromatic rings. The van der Waals surface area contributed by atoms with E-state index in [1.807, 2.05) is 36.2 Å². The number of ether oxygens (including phenoxy) is 1. The number of hydrogen-bond donors (Lipinski definition) is 1. The number of rotatable bonds is 4. The van der Waals surface area contributed by atoms with Gasteiger partial charge >= 0.3 is 0 Å². The van der Waals surface area contributed by atoms with E-state index < -0.39 is 0 Å². The third-order valence-electron chi connectivity index (χ3n) is 7.10. The maximum absolute atomic E-state index is 13.4. The fourth-order valence-corrected chi connectivity index (χ4v) is 5.42. The molecular formula is C27H27FN2O3. The maximum atomic E-state index is 13.4. The molecule has 1 amide bonds. The van der Waals surface area contributed by atoms with Crippen molar-refractivity contribution < 1.29 is 19.0 Å². The van der Waals surface area contributed by atoms with Crippen molar-refractivity contribution in [2.75, 3.05) is 32.2 Å². The summed E-state index contributed by atoms with van der Waals surface area (Å²) in [6, 6.07) is 19.7. The van der Waals surface area contributed by atoms with Gasteiger partial charge in [0.2, 0.25) is 0 Å². The zero-order chi connectivity index (χ0) is 23.1. The summed E-state index contributed by atoms with van der Waals surface area (Å²) < 4.78 is 18.8. The van der Waals surface area contributed by atoms with Crippen molar-refractivity contribution in [2.45, 2.75) is 18.5 Å². The second kappa shape index (κ2) is 8.52. The molecule has 5 nitrogen and oxygen atoms in total. The van der Waals surface area contributed by atoms with Gasteiger partial charge in [0, 0.05) is 30.8 Å². The van der Waals surface area contributed by atoms with Crippen LogP contribution in [0.15, 0.2) is 66.7 Å². The highest BCUT2D eigenvalue weighted by atomic mass is 19.1. The number of halogens is 1. The van der Waals surface area contributed by atoms with Gasteiger partial charge in [0.15, 0.2) is 0 Å². The van der Waals surface area contributed by atoms with Crippen LogP contribution in [0.5, 0.6) is 5.75 Å². The molecule has 1 saturated heterocycles. The highest BCUT2D eigenvalue weighted by Crippen LogP contribution is 2.49. The zero-order valence-corrected chi connectivity index (χ0v) is 18.7. The minimum atomic E-state index is -0.362. The Hall–Kier alpha value is -3.38. The lowest BCUT2D eigenvalue weighted by Crippen LogP contribution is -2.48. The molecule has 1 fully saturated rings. The van der Waals surface area contributed by atoms with E-state index in [1.165, 1.54) is 24.3 Å². The standard InChI is InChI=1S/C27H27FN2O3/c1-29-24-11-8-19(18-4-3-5-21(14-18)33-2)15-23(24)26-22(25(29)16-31)12-13-30(26)27(32)17-6-9-20(28)10-7-17/h3-11,14-15,22,25-26,31H,12-13,16H2,1-2H3/t22-,25+,26-/m1/s1. The number of fused-ring (bicyclic) bond motifs is 3. The number of aliphatic hydroxyl groups is 1. The molecule has 6 heteroatoms. The number of anilines is 1. The van der Waals surface area contributed by atoms with Crippen molar-refractivity contribution in [1.29, 1.82) is 0 Å². The van der Waals surface area contributed by atoms with Gasteiger partial charge in [-0.2, -0.15) is 0 Å². The van der Waals surface area contributed by atoms with Crippen molar-refractivity contribution in [3.63, 3.8) is 0 Å². The number of carbonyl (C=O) groups is 1. The summed E-state index contributed by atoms with van der Waals surface area (Å²) in [5.74, 6) is 0.423. The molecule has 2 heterocycles. The average Bonchev–Trinajstić information content (AvgIpc) is 3.29. The Bertz CT molecular complexity index is 1180. The SMILES string of the molecule is COc1cccc(-c2ccc3c(c2)[C@H]2[C@H](CCN2C(=O)c2ccc(F)cc2)[C@H](CO)N3C)c1. The Morgan fingerprint density at radius 3 is 2.58 bits per heavy atom. The van der Waals surface area contributed by atoms with Crippen molar-refractivity contribution in [3.8, 4) is 16.9 Å². The zero-order valence-electron chi connectivity index (χ0n) is 18.7. The molecule has 33 heavy (non-hydrogen) atoms. The number of nitrogens with zero attached hydrogens (tertiary/aromatic N) is 2. The summed E-state index contributed by atoms with van der Waals surface area (Å²) in [5.41, 5.74) is 4.64. The van der Waals surface area contributed by atoms with Crippen LogP contribution in [0.2, 0.25) is 0 Å². The fourth-order valence-electron chi connectivity index (χ4n) is 5.42. The van der Waals surface area contributed by atoms with Crippen LogP contribution in [-0.2, 0) is 0 Å². The van der Waals surface area contributed by atoms with Gasteiger partial charge in [-0.15, -0.1) is 0 Å². The van der Waals surface area contributed by atoms with E-state index in [2.05, 4.69) is 23.1 Å². The van der Waals surface area contributed by atoms with E-state index in [4.69, 9.17) is 4.74 Å². The van der Waals surface area contributed by atoms with E-state index in [1.54, 1.807) is 7.11 Å². The Kier molecular flexibility index (Phi) is 5.54. The summed E-state index contributed by atoms with van der Waals surface area (Å²) in [4.78, 5) is 17.5. The van der Waals surface area contributed by atoms with Crippen LogP contribution < -0.4 is 9.64 Å². The summed E-state index contributed by atoms with van der Waals surface area (Å²) in [5, 5.41) is 10.2. The Labute approximate surface area is 193 Å². The lowest BCUT2D eigenvalue weighted by molar-refractivity contribution is 0.0694. The van der Waals surface area contributed by atoms with Crippen molar-refractivity contribution in [2.24, 2.45) is 5.92 Å². The van der Waals surface area contributed by atoms with Gasteiger partial charge in [0.25, 0.3) is 5.91 Å². The molecule has 0 aromatic heterocycles. The molecule has 0 aliphatic carbocycles. The number of aliphatic hydroxyl groups excluding tert-OH is 1. The van der Waals surface area contributed by atoms with Crippen LogP contribution in [0.3, 0.4) is 0 Å². The number of carbonyl (C=O) groups excluding carboxylic acids is 1. The quantitative estimate of drug-likeness (QED) is 0.641. The summed E-state index contributed by atoms with van der Waals surface area (Å²) in [6.45, 7) is 0.617. The van der Waals surface area contributed by atoms with Gasteiger partial charge in [-0.05, 0) is 71.6 Å².